The van der Waals surface area contributed by atoms with Gasteiger partial charge < -0.3 is 20.6 Å². The normalized spacial score (nSPS) is 33.7. The van der Waals surface area contributed by atoms with Crippen molar-refractivity contribution in [3.63, 3.8) is 0 Å². The summed E-state index contributed by atoms with van der Waals surface area (Å²) < 4.78 is 5.08. The smallest absolute Gasteiger partial charge is 0.238 e. The van der Waals surface area contributed by atoms with Crippen LogP contribution in [0.3, 0.4) is 0 Å². The highest BCUT2D eigenvalue weighted by Gasteiger charge is 2.41. The molecule has 1 amide bonds. The van der Waals surface area contributed by atoms with Crippen molar-refractivity contribution in [2.75, 3.05) is 25.4 Å². The van der Waals surface area contributed by atoms with Gasteiger partial charge in [-0.2, -0.15) is 0 Å². The lowest BCUT2D eigenvalue weighted by Crippen LogP contribution is -2.54. The summed E-state index contributed by atoms with van der Waals surface area (Å²) in [6, 6.07) is 0. The molecule has 2 aliphatic rings. The third-order valence-electron chi connectivity index (χ3n) is 3.47. The summed E-state index contributed by atoms with van der Waals surface area (Å²) in [7, 11) is 0. The Balaban J connectivity index is 2.02. The van der Waals surface area contributed by atoms with Crippen molar-refractivity contribution in [2.45, 2.75) is 30.6 Å². The number of morpholine rings is 1. The SMILES string of the molecule is CC1(C(=O)N2CCOC(C(N)=NO)C2)CCCS1. The largest absolute Gasteiger partial charge is 0.409 e. The molecule has 2 atom stereocenters. The summed E-state index contributed by atoms with van der Waals surface area (Å²) in [6.45, 7) is 3.36. The minimum atomic E-state index is -0.497. The van der Waals surface area contributed by atoms with E-state index < -0.39 is 6.10 Å². The average Bonchev–Trinajstić information content (AvgIpc) is 2.85. The molecule has 0 spiro atoms. The van der Waals surface area contributed by atoms with Gasteiger partial charge in [-0.1, -0.05) is 5.16 Å². The van der Waals surface area contributed by atoms with E-state index in [-0.39, 0.29) is 16.5 Å². The molecule has 0 aromatic carbocycles. The lowest BCUT2D eigenvalue weighted by atomic mass is 10.0. The maximum Gasteiger partial charge on any atom is 0.238 e. The molecule has 0 radical (unpaired) electrons. The summed E-state index contributed by atoms with van der Waals surface area (Å²) in [4.78, 5) is 14.3. The molecule has 2 aliphatic heterocycles. The minimum Gasteiger partial charge on any atom is -0.409 e. The van der Waals surface area contributed by atoms with Crippen molar-refractivity contribution in [3.05, 3.63) is 0 Å². The van der Waals surface area contributed by atoms with Crippen LogP contribution in [0.2, 0.25) is 0 Å². The molecule has 0 bridgehead atoms. The van der Waals surface area contributed by atoms with Crippen LogP contribution in [0.4, 0.5) is 0 Å². The molecule has 2 fully saturated rings. The van der Waals surface area contributed by atoms with Crippen LogP contribution >= 0.6 is 11.8 Å². The van der Waals surface area contributed by atoms with Crippen LogP contribution in [0.1, 0.15) is 19.8 Å². The Hall–Kier alpha value is -0.950. The third-order valence-corrected chi connectivity index (χ3v) is 4.98. The predicted octanol–water partition coefficient (Wildman–Crippen LogP) is 0.246. The molecule has 102 valence electrons. The van der Waals surface area contributed by atoms with Gasteiger partial charge in [0, 0.05) is 6.54 Å². The second-order valence-corrected chi connectivity index (χ2v) is 6.42. The highest BCUT2D eigenvalue weighted by atomic mass is 32.2. The zero-order chi connectivity index (χ0) is 13.2. The Kier molecular flexibility index (Phi) is 4.01. The number of amidine groups is 1. The Morgan fingerprint density at radius 2 is 2.44 bits per heavy atom. The van der Waals surface area contributed by atoms with E-state index in [1.807, 2.05) is 6.92 Å². The summed E-state index contributed by atoms with van der Waals surface area (Å²) in [5.74, 6) is 1.21. The molecule has 2 unspecified atom stereocenters. The second-order valence-electron chi connectivity index (χ2n) is 4.82. The maximum atomic E-state index is 12.5. The Bertz CT molecular complexity index is 355. The van der Waals surface area contributed by atoms with Crippen molar-refractivity contribution in [2.24, 2.45) is 10.9 Å². The molecule has 0 aromatic rings. The zero-order valence-corrected chi connectivity index (χ0v) is 11.3. The van der Waals surface area contributed by atoms with Crippen LogP contribution in [-0.4, -0.2) is 58.2 Å². The molecular formula is C11H19N3O3S. The first-order chi connectivity index (χ1) is 8.57. The van der Waals surface area contributed by atoms with E-state index in [1.165, 1.54) is 0 Å². The van der Waals surface area contributed by atoms with E-state index in [9.17, 15) is 4.79 Å². The number of hydrogen-bond acceptors (Lipinski definition) is 5. The van der Waals surface area contributed by atoms with Gasteiger partial charge in [0.15, 0.2) is 5.84 Å². The molecule has 18 heavy (non-hydrogen) atoms. The quantitative estimate of drug-likeness (QED) is 0.326. The molecule has 2 saturated heterocycles. The molecule has 7 heteroatoms. The second kappa shape index (κ2) is 5.36. The highest BCUT2D eigenvalue weighted by molar-refractivity contribution is 8.01. The van der Waals surface area contributed by atoms with Gasteiger partial charge >= 0.3 is 0 Å². The molecule has 3 N–H and O–H groups in total. The van der Waals surface area contributed by atoms with Gasteiger partial charge in [0.25, 0.3) is 0 Å². The van der Waals surface area contributed by atoms with Crippen molar-refractivity contribution in [3.8, 4) is 0 Å². The van der Waals surface area contributed by atoms with E-state index >= 15 is 0 Å². The number of amides is 1. The zero-order valence-electron chi connectivity index (χ0n) is 10.5. The van der Waals surface area contributed by atoms with Gasteiger partial charge in [-0.3, -0.25) is 4.79 Å². The van der Waals surface area contributed by atoms with Crippen LogP contribution in [0.25, 0.3) is 0 Å². The third kappa shape index (κ3) is 2.56. The first kappa shape index (κ1) is 13.5. The molecule has 0 saturated carbocycles. The number of oxime groups is 1. The van der Waals surface area contributed by atoms with Crippen molar-refractivity contribution < 1.29 is 14.7 Å². The van der Waals surface area contributed by atoms with Gasteiger partial charge in [0.05, 0.1) is 17.9 Å². The number of thioether (sulfide) groups is 1. The Morgan fingerprint density at radius 3 is 3.06 bits per heavy atom. The molecule has 6 nitrogen and oxygen atoms in total. The Labute approximate surface area is 111 Å². The number of carbonyl (C=O) groups excluding carboxylic acids is 1. The molecule has 2 rings (SSSR count). The molecule has 2 heterocycles. The summed E-state index contributed by atoms with van der Waals surface area (Å²) in [5, 5.41) is 11.6. The van der Waals surface area contributed by atoms with Gasteiger partial charge in [0.1, 0.15) is 6.10 Å². The molecular weight excluding hydrogens is 254 g/mol. The van der Waals surface area contributed by atoms with Crippen LogP contribution in [0, 0.1) is 0 Å². The van der Waals surface area contributed by atoms with Crippen LogP contribution in [0.5, 0.6) is 0 Å². The first-order valence-corrected chi connectivity index (χ1v) is 7.08. The summed E-state index contributed by atoms with van der Waals surface area (Å²) >= 11 is 1.72. The maximum absolute atomic E-state index is 12.5. The highest BCUT2D eigenvalue weighted by Crippen LogP contribution is 2.39. The monoisotopic (exact) mass is 273 g/mol. The fraction of sp³-hybridized carbons (Fsp3) is 0.818. The predicted molar refractivity (Wildman–Crippen MR) is 69.8 cm³/mol. The number of carbonyl (C=O) groups is 1. The fourth-order valence-corrected chi connectivity index (χ4v) is 3.64. The standard InChI is InChI=1S/C11H19N3O3S/c1-11(3-2-6-18-11)10(15)14-4-5-17-8(7-14)9(12)13-16/h8,16H,2-7H2,1H3,(H2,12,13). The fourth-order valence-electron chi connectivity index (χ4n) is 2.36. The van der Waals surface area contributed by atoms with E-state index in [0.29, 0.717) is 19.7 Å². The summed E-state index contributed by atoms with van der Waals surface area (Å²) in [5.41, 5.74) is 5.53. The molecule has 0 aliphatic carbocycles. The number of nitrogens with zero attached hydrogens (tertiary/aromatic N) is 2. The number of ether oxygens (including phenoxy) is 1. The van der Waals surface area contributed by atoms with Crippen molar-refractivity contribution >= 4 is 23.5 Å². The van der Waals surface area contributed by atoms with Crippen LogP contribution in [0.15, 0.2) is 5.16 Å². The van der Waals surface area contributed by atoms with Gasteiger partial charge in [-0.05, 0) is 25.5 Å². The lowest BCUT2D eigenvalue weighted by Gasteiger charge is -2.36. The summed E-state index contributed by atoms with van der Waals surface area (Å²) in [6.07, 6.45) is 1.51. The number of rotatable bonds is 2. The molecule has 0 aromatic heterocycles. The number of nitrogens with two attached hydrogens (primary N) is 1. The first-order valence-electron chi connectivity index (χ1n) is 6.09. The van der Waals surface area contributed by atoms with Crippen LogP contribution in [-0.2, 0) is 9.53 Å². The van der Waals surface area contributed by atoms with E-state index in [2.05, 4.69) is 5.16 Å². The van der Waals surface area contributed by atoms with E-state index in [4.69, 9.17) is 15.7 Å². The van der Waals surface area contributed by atoms with Crippen LogP contribution < -0.4 is 5.73 Å². The van der Waals surface area contributed by atoms with Crippen molar-refractivity contribution in [1.29, 1.82) is 0 Å². The van der Waals surface area contributed by atoms with Gasteiger partial charge in [0.2, 0.25) is 5.91 Å². The number of hydrogen-bond donors (Lipinski definition) is 2. The Morgan fingerprint density at radius 1 is 1.67 bits per heavy atom. The van der Waals surface area contributed by atoms with Crippen molar-refractivity contribution in [1.82, 2.24) is 4.90 Å². The minimum absolute atomic E-state index is 0.0247. The average molecular weight is 273 g/mol. The van der Waals surface area contributed by atoms with Gasteiger partial charge in [-0.25, -0.2) is 0 Å². The van der Waals surface area contributed by atoms with E-state index in [0.717, 1.165) is 18.6 Å². The topological polar surface area (TPSA) is 88.2 Å². The van der Waals surface area contributed by atoms with E-state index in [1.54, 1.807) is 16.7 Å². The lowest BCUT2D eigenvalue weighted by molar-refractivity contribution is -0.139. The van der Waals surface area contributed by atoms with Gasteiger partial charge in [-0.15, -0.1) is 11.8 Å².